The maximum absolute atomic E-state index is 10.4. The Morgan fingerprint density at radius 2 is 1.50 bits per heavy atom. The molecule has 0 bridgehead atoms. The Kier molecular flexibility index (Phi) is 2.86. The van der Waals surface area contributed by atoms with Gasteiger partial charge >= 0.3 is 0 Å². The Balaban J connectivity index is 1.90. The molecule has 1 aliphatic rings. The van der Waals surface area contributed by atoms with Crippen molar-refractivity contribution >= 4 is 5.71 Å². The SMILES string of the molecule is CC1N=C(c2ccccc2)c2c(O)[nH]c(-c3ccccc3)c21. The highest BCUT2D eigenvalue weighted by Crippen LogP contribution is 2.43. The molecule has 3 aromatic rings. The van der Waals surface area contributed by atoms with Crippen LogP contribution in [0.3, 0.4) is 0 Å². The first-order valence-electron chi connectivity index (χ1n) is 7.39. The largest absolute Gasteiger partial charge is 0.494 e. The van der Waals surface area contributed by atoms with Crippen molar-refractivity contribution in [2.45, 2.75) is 13.0 Å². The fourth-order valence-corrected chi connectivity index (χ4v) is 3.13. The first-order valence-corrected chi connectivity index (χ1v) is 7.39. The van der Waals surface area contributed by atoms with Crippen LogP contribution in [0.2, 0.25) is 0 Å². The Morgan fingerprint density at radius 3 is 2.14 bits per heavy atom. The number of fused-ring (bicyclic) bond motifs is 1. The van der Waals surface area contributed by atoms with E-state index in [9.17, 15) is 5.11 Å². The van der Waals surface area contributed by atoms with Gasteiger partial charge in [0.1, 0.15) is 0 Å². The second-order valence-corrected chi connectivity index (χ2v) is 5.52. The number of nitrogens with one attached hydrogen (secondary N) is 1. The van der Waals surface area contributed by atoms with Crippen LogP contribution in [0.1, 0.15) is 29.7 Å². The van der Waals surface area contributed by atoms with Gasteiger partial charge in [-0.05, 0) is 12.5 Å². The molecule has 4 rings (SSSR count). The summed E-state index contributed by atoms with van der Waals surface area (Å²) in [5.41, 5.74) is 5.81. The number of aromatic nitrogens is 1. The third-order valence-electron chi connectivity index (χ3n) is 4.11. The molecule has 22 heavy (non-hydrogen) atoms. The Morgan fingerprint density at radius 1 is 0.909 bits per heavy atom. The van der Waals surface area contributed by atoms with Gasteiger partial charge in [-0.25, -0.2) is 0 Å². The third-order valence-corrected chi connectivity index (χ3v) is 4.11. The molecule has 0 amide bonds. The number of benzene rings is 2. The molecule has 1 aliphatic heterocycles. The third kappa shape index (κ3) is 1.86. The minimum absolute atomic E-state index is 0.0255. The molecule has 1 aromatic heterocycles. The van der Waals surface area contributed by atoms with Crippen molar-refractivity contribution in [3.63, 3.8) is 0 Å². The highest BCUT2D eigenvalue weighted by Gasteiger charge is 2.31. The summed E-state index contributed by atoms with van der Waals surface area (Å²) in [6, 6.07) is 20.1. The van der Waals surface area contributed by atoms with E-state index in [0.717, 1.165) is 33.7 Å². The molecule has 0 fully saturated rings. The maximum Gasteiger partial charge on any atom is 0.198 e. The lowest BCUT2D eigenvalue weighted by molar-refractivity contribution is 0.456. The van der Waals surface area contributed by atoms with Crippen molar-refractivity contribution < 1.29 is 5.11 Å². The van der Waals surface area contributed by atoms with Crippen molar-refractivity contribution in [2.24, 2.45) is 4.99 Å². The van der Waals surface area contributed by atoms with Gasteiger partial charge in [-0.15, -0.1) is 0 Å². The summed E-state index contributed by atoms with van der Waals surface area (Å²) in [7, 11) is 0. The second kappa shape index (κ2) is 4.88. The number of nitrogens with zero attached hydrogens (tertiary/aromatic N) is 1. The molecule has 1 unspecified atom stereocenters. The Hall–Kier alpha value is -2.81. The average Bonchev–Trinajstić information content (AvgIpc) is 3.09. The van der Waals surface area contributed by atoms with Crippen molar-refractivity contribution in [3.8, 4) is 17.1 Å². The van der Waals surface area contributed by atoms with Crippen LogP contribution in [0.15, 0.2) is 65.7 Å². The van der Waals surface area contributed by atoms with Crippen molar-refractivity contribution in [2.75, 3.05) is 0 Å². The smallest absolute Gasteiger partial charge is 0.198 e. The quantitative estimate of drug-likeness (QED) is 0.725. The van der Waals surface area contributed by atoms with Crippen LogP contribution in [0.25, 0.3) is 11.3 Å². The topological polar surface area (TPSA) is 48.4 Å². The van der Waals surface area contributed by atoms with Gasteiger partial charge in [-0.2, -0.15) is 0 Å². The number of aromatic hydroxyl groups is 1. The van der Waals surface area contributed by atoms with Crippen LogP contribution < -0.4 is 0 Å². The standard InChI is InChI=1S/C19H16N2O/c1-12-15-16(18(20-12)14-10-6-3-7-11-14)19(22)21-17(15)13-8-4-2-5-9-13/h2-12,21-22H,1H3. The van der Waals surface area contributed by atoms with Gasteiger partial charge in [0.25, 0.3) is 0 Å². The lowest BCUT2D eigenvalue weighted by atomic mass is 9.98. The molecule has 0 radical (unpaired) electrons. The molecule has 2 N–H and O–H groups in total. The van der Waals surface area contributed by atoms with E-state index in [1.807, 2.05) is 60.7 Å². The van der Waals surface area contributed by atoms with E-state index in [-0.39, 0.29) is 11.9 Å². The van der Waals surface area contributed by atoms with Gasteiger partial charge in [0.15, 0.2) is 5.88 Å². The normalized spacial score (nSPS) is 16.4. The van der Waals surface area contributed by atoms with Crippen LogP contribution in [0.5, 0.6) is 5.88 Å². The van der Waals surface area contributed by atoms with Gasteiger partial charge in [0.05, 0.1) is 23.0 Å². The van der Waals surface area contributed by atoms with E-state index in [1.165, 1.54) is 0 Å². The van der Waals surface area contributed by atoms with Crippen LogP contribution in [-0.4, -0.2) is 15.8 Å². The summed E-state index contributed by atoms with van der Waals surface area (Å²) < 4.78 is 0. The molecule has 0 spiro atoms. The summed E-state index contributed by atoms with van der Waals surface area (Å²) in [4.78, 5) is 7.91. The molecule has 0 saturated carbocycles. The molecule has 0 saturated heterocycles. The average molecular weight is 288 g/mol. The van der Waals surface area contributed by atoms with Gasteiger partial charge in [-0.3, -0.25) is 4.99 Å². The number of hydrogen-bond donors (Lipinski definition) is 2. The highest BCUT2D eigenvalue weighted by molar-refractivity contribution is 6.18. The number of hydrogen-bond acceptors (Lipinski definition) is 2. The molecule has 1 atom stereocenters. The zero-order valence-corrected chi connectivity index (χ0v) is 12.2. The van der Waals surface area contributed by atoms with Gasteiger partial charge in [0.2, 0.25) is 0 Å². The summed E-state index contributed by atoms with van der Waals surface area (Å²) in [6.07, 6.45) is 0. The van der Waals surface area contributed by atoms with E-state index in [1.54, 1.807) is 0 Å². The van der Waals surface area contributed by atoms with Crippen molar-refractivity contribution in [1.82, 2.24) is 4.98 Å². The Bertz CT molecular complexity index is 848. The molecule has 0 aliphatic carbocycles. The summed E-state index contributed by atoms with van der Waals surface area (Å²) in [6.45, 7) is 2.06. The zero-order chi connectivity index (χ0) is 15.1. The number of rotatable bonds is 2. The summed E-state index contributed by atoms with van der Waals surface area (Å²) in [5, 5.41) is 10.4. The summed E-state index contributed by atoms with van der Waals surface area (Å²) >= 11 is 0. The van der Waals surface area contributed by atoms with Gasteiger partial charge < -0.3 is 10.1 Å². The van der Waals surface area contributed by atoms with Crippen molar-refractivity contribution in [1.29, 1.82) is 0 Å². The highest BCUT2D eigenvalue weighted by atomic mass is 16.3. The fourth-order valence-electron chi connectivity index (χ4n) is 3.13. The van der Waals surface area contributed by atoms with Gasteiger partial charge in [-0.1, -0.05) is 60.7 Å². The minimum Gasteiger partial charge on any atom is -0.494 e. The first-order chi connectivity index (χ1) is 10.8. The van der Waals surface area contributed by atoms with E-state index in [4.69, 9.17) is 4.99 Å². The molecule has 3 heteroatoms. The Labute approximate surface area is 129 Å². The van der Waals surface area contributed by atoms with Gasteiger partial charge in [0, 0.05) is 11.1 Å². The van der Waals surface area contributed by atoms with Crippen molar-refractivity contribution in [3.05, 3.63) is 77.4 Å². The molecular weight excluding hydrogens is 272 g/mol. The molecule has 2 aromatic carbocycles. The van der Waals surface area contributed by atoms with Crippen LogP contribution >= 0.6 is 0 Å². The first kappa shape index (κ1) is 12.9. The van der Waals surface area contributed by atoms with E-state index in [2.05, 4.69) is 11.9 Å². The van der Waals surface area contributed by atoms with E-state index < -0.39 is 0 Å². The van der Waals surface area contributed by atoms with Crippen LogP contribution in [0, 0.1) is 0 Å². The lowest BCUT2D eigenvalue weighted by Crippen LogP contribution is -1.99. The van der Waals surface area contributed by atoms with Crippen LogP contribution in [0.4, 0.5) is 0 Å². The minimum atomic E-state index is 0.0255. The second-order valence-electron chi connectivity index (χ2n) is 5.52. The number of aromatic amines is 1. The lowest BCUT2D eigenvalue weighted by Gasteiger charge is -2.04. The van der Waals surface area contributed by atoms with E-state index >= 15 is 0 Å². The monoisotopic (exact) mass is 288 g/mol. The van der Waals surface area contributed by atoms with E-state index in [0.29, 0.717) is 0 Å². The van der Waals surface area contributed by atoms with Crippen LogP contribution in [-0.2, 0) is 0 Å². The molecule has 108 valence electrons. The maximum atomic E-state index is 10.4. The zero-order valence-electron chi connectivity index (χ0n) is 12.2. The fraction of sp³-hybridized carbons (Fsp3) is 0.105. The molecule has 3 nitrogen and oxygen atoms in total. The number of aliphatic imine (C=N–C) groups is 1. The molecular formula is C19H16N2O. The predicted molar refractivity (Wildman–Crippen MR) is 88.4 cm³/mol. The molecule has 2 heterocycles. The number of H-pyrrole nitrogens is 1. The predicted octanol–water partition coefficient (Wildman–Crippen LogP) is 4.30. The summed E-state index contributed by atoms with van der Waals surface area (Å²) in [5.74, 6) is 0.195.